The molecule has 5 heteroatoms. The quantitative estimate of drug-likeness (QED) is 0.312. The van der Waals surface area contributed by atoms with Crippen molar-refractivity contribution in [1.82, 2.24) is 0 Å². The molecule has 0 amide bonds. The topological polar surface area (TPSA) is 66.4 Å². The Bertz CT molecular complexity index is 372. The van der Waals surface area contributed by atoms with E-state index in [9.17, 15) is 14.7 Å². The van der Waals surface area contributed by atoms with Crippen LogP contribution < -0.4 is 5.11 Å². The van der Waals surface area contributed by atoms with Gasteiger partial charge in [0.05, 0.1) is 26.6 Å². The van der Waals surface area contributed by atoms with Crippen LogP contribution in [0.25, 0.3) is 0 Å². The van der Waals surface area contributed by atoms with E-state index in [-0.39, 0.29) is 12.4 Å². The fourth-order valence-electron chi connectivity index (χ4n) is 2.52. The number of hydrogen-bond donors (Lipinski definition) is 0. The van der Waals surface area contributed by atoms with Gasteiger partial charge in [-0.3, -0.25) is 4.79 Å². The first-order valence-electron chi connectivity index (χ1n) is 8.69. The molecular formula is C18H35NO4. The smallest absolute Gasteiger partial charge is 0.312 e. The molecule has 1 atom stereocenters. The van der Waals surface area contributed by atoms with E-state index in [4.69, 9.17) is 4.74 Å². The summed E-state index contributed by atoms with van der Waals surface area (Å²) in [5.74, 6) is -1.50. The molecular weight excluding hydrogens is 294 g/mol. The Morgan fingerprint density at radius 3 is 2.13 bits per heavy atom. The minimum Gasteiger partial charge on any atom is -0.550 e. The van der Waals surface area contributed by atoms with Gasteiger partial charge in [-0.05, 0) is 20.3 Å². The van der Waals surface area contributed by atoms with Crippen molar-refractivity contribution in [1.29, 1.82) is 0 Å². The number of carbonyl (C=O) groups is 2. The number of ether oxygens (including phenoxy) is 1. The third-order valence-corrected chi connectivity index (χ3v) is 3.88. The van der Waals surface area contributed by atoms with Gasteiger partial charge in [0, 0.05) is 12.4 Å². The predicted molar refractivity (Wildman–Crippen MR) is 89.6 cm³/mol. The lowest BCUT2D eigenvalue weighted by Crippen LogP contribution is -2.46. The molecule has 0 saturated heterocycles. The highest BCUT2D eigenvalue weighted by molar-refractivity contribution is 5.76. The number of quaternary nitrogens is 1. The zero-order valence-corrected chi connectivity index (χ0v) is 15.8. The first-order chi connectivity index (χ1) is 10.5. The number of carboxylic acids is 1. The summed E-state index contributed by atoms with van der Waals surface area (Å²) < 4.78 is 6.04. The zero-order valence-electron chi connectivity index (χ0n) is 15.8. The molecule has 0 aromatic heterocycles. The number of esters is 1. The van der Waals surface area contributed by atoms with Gasteiger partial charge in [-0.1, -0.05) is 39.0 Å². The van der Waals surface area contributed by atoms with Gasteiger partial charge >= 0.3 is 5.97 Å². The Morgan fingerprint density at radius 1 is 1.09 bits per heavy atom. The number of carboxylic acid groups (broad SMARTS) is 1. The van der Waals surface area contributed by atoms with Crippen LogP contribution in [0, 0.1) is 5.41 Å². The molecule has 1 unspecified atom stereocenters. The van der Waals surface area contributed by atoms with Gasteiger partial charge < -0.3 is 19.1 Å². The minimum absolute atomic E-state index is 0.256. The van der Waals surface area contributed by atoms with Crippen LogP contribution in [0.5, 0.6) is 0 Å². The molecule has 0 aliphatic heterocycles. The molecule has 5 nitrogen and oxygen atoms in total. The highest BCUT2D eigenvalue weighted by Crippen LogP contribution is 2.27. The van der Waals surface area contributed by atoms with Gasteiger partial charge in [0.25, 0.3) is 0 Å². The summed E-state index contributed by atoms with van der Waals surface area (Å²) in [5.41, 5.74) is -0.582. The average Bonchev–Trinajstić information content (AvgIpc) is 2.35. The van der Waals surface area contributed by atoms with Crippen molar-refractivity contribution in [2.75, 3.05) is 27.7 Å². The van der Waals surface area contributed by atoms with Crippen molar-refractivity contribution >= 4 is 11.9 Å². The van der Waals surface area contributed by atoms with E-state index in [1.807, 2.05) is 35.0 Å². The molecule has 0 aliphatic carbocycles. The minimum atomic E-state index is -1.19. The lowest BCUT2D eigenvalue weighted by atomic mass is 9.87. The second-order valence-electron chi connectivity index (χ2n) is 8.12. The second-order valence-corrected chi connectivity index (χ2v) is 8.12. The van der Waals surface area contributed by atoms with Crippen LogP contribution >= 0.6 is 0 Å². The normalized spacial score (nSPS) is 13.7. The second kappa shape index (κ2) is 9.91. The number of carbonyl (C=O) groups excluding carboxylic acids is 2. The number of nitrogens with zero attached hydrogens (tertiary/aromatic N) is 1. The largest absolute Gasteiger partial charge is 0.550 e. The van der Waals surface area contributed by atoms with Crippen LogP contribution in [-0.4, -0.2) is 50.2 Å². The summed E-state index contributed by atoms with van der Waals surface area (Å²) in [7, 11) is 5.82. The van der Waals surface area contributed by atoms with E-state index >= 15 is 0 Å². The van der Waals surface area contributed by atoms with Gasteiger partial charge in [0.15, 0.2) is 6.10 Å². The first kappa shape index (κ1) is 21.9. The van der Waals surface area contributed by atoms with Gasteiger partial charge in [-0.2, -0.15) is 0 Å². The molecule has 0 saturated carbocycles. The lowest BCUT2D eigenvalue weighted by Gasteiger charge is -2.31. The third kappa shape index (κ3) is 11.1. The summed E-state index contributed by atoms with van der Waals surface area (Å²) in [4.78, 5) is 23.3. The molecule has 0 rings (SSSR count). The first-order valence-corrected chi connectivity index (χ1v) is 8.69. The standard InChI is InChI=1S/C18H35NO4/c1-7-8-9-10-11-12-18(2,3)17(22)23-15(13-16(20)21)14-19(4,5)6/h15H,7-14H2,1-6H3. The van der Waals surface area contributed by atoms with Crippen LogP contribution in [0.4, 0.5) is 0 Å². The zero-order chi connectivity index (χ0) is 18.1. The number of rotatable bonds is 12. The van der Waals surface area contributed by atoms with Crippen molar-refractivity contribution in [3.63, 3.8) is 0 Å². The third-order valence-electron chi connectivity index (χ3n) is 3.88. The molecule has 136 valence electrons. The SMILES string of the molecule is CCCCCCCC(C)(C)C(=O)OC(CC(=O)[O-])C[N+](C)(C)C. The summed E-state index contributed by atoms with van der Waals surface area (Å²) in [6.07, 6.45) is 5.58. The van der Waals surface area contributed by atoms with Gasteiger partial charge in [0.2, 0.25) is 0 Å². The van der Waals surface area contributed by atoms with E-state index in [0.717, 1.165) is 19.3 Å². The molecule has 0 radical (unpaired) electrons. The number of aliphatic carboxylic acids is 1. The Hall–Kier alpha value is -1.10. The van der Waals surface area contributed by atoms with Crippen LogP contribution in [0.3, 0.4) is 0 Å². The Balaban J connectivity index is 4.53. The van der Waals surface area contributed by atoms with E-state index in [2.05, 4.69) is 6.92 Å². The summed E-state index contributed by atoms with van der Waals surface area (Å²) in [6.45, 7) is 6.37. The highest BCUT2D eigenvalue weighted by Gasteiger charge is 2.32. The molecule has 0 aliphatic rings. The van der Waals surface area contributed by atoms with Gasteiger partial charge in [-0.25, -0.2) is 0 Å². The van der Waals surface area contributed by atoms with E-state index in [1.54, 1.807) is 0 Å². The van der Waals surface area contributed by atoms with Crippen molar-refractivity contribution in [2.45, 2.75) is 71.8 Å². The van der Waals surface area contributed by atoms with Crippen molar-refractivity contribution < 1.29 is 23.9 Å². The molecule has 0 bridgehead atoms. The fourth-order valence-corrected chi connectivity index (χ4v) is 2.52. The molecule has 0 heterocycles. The molecule has 23 heavy (non-hydrogen) atoms. The van der Waals surface area contributed by atoms with Crippen LogP contribution in [0.1, 0.15) is 65.7 Å². The van der Waals surface area contributed by atoms with Gasteiger partial charge in [-0.15, -0.1) is 0 Å². The van der Waals surface area contributed by atoms with Gasteiger partial charge in [0.1, 0.15) is 6.54 Å². The summed E-state index contributed by atoms with van der Waals surface area (Å²) in [5, 5.41) is 10.9. The molecule has 0 spiro atoms. The van der Waals surface area contributed by atoms with Crippen LogP contribution in [0.2, 0.25) is 0 Å². The predicted octanol–water partition coefficient (Wildman–Crippen LogP) is 2.13. The van der Waals surface area contributed by atoms with E-state index in [0.29, 0.717) is 11.0 Å². The molecule has 0 aromatic carbocycles. The maximum atomic E-state index is 12.4. The lowest BCUT2D eigenvalue weighted by molar-refractivity contribution is -0.873. The fraction of sp³-hybridized carbons (Fsp3) is 0.889. The molecule has 0 N–H and O–H groups in total. The van der Waals surface area contributed by atoms with Crippen LogP contribution in [0.15, 0.2) is 0 Å². The molecule has 0 fully saturated rings. The number of likely N-dealkylation sites (N-methyl/N-ethyl adjacent to an activating group) is 1. The molecule has 0 aromatic rings. The van der Waals surface area contributed by atoms with Crippen molar-refractivity contribution in [3.8, 4) is 0 Å². The van der Waals surface area contributed by atoms with Crippen LogP contribution in [-0.2, 0) is 14.3 Å². The maximum absolute atomic E-state index is 12.4. The summed E-state index contributed by atoms with van der Waals surface area (Å²) in [6, 6.07) is 0. The summed E-state index contributed by atoms with van der Waals surface area (Å²) >= 11 is 0. The highest BCUT2D eigenvalue weighted by atomic mass is 16.5. The Morgan fingerprint density at radius 2 is 1.65 bits per heavy atom. The van der Waals surface area contributed by atoms with Crippen molar-refractivity contribution in [2.24, 2.45) is 5.41 Å². The Labute approximate surface area is 141 Å². The number of unbranched alkanes of at least 4 members (excludes halogenated alkanes) is 4. The maximum Gasteiger partial charge on any atom is 0.312 e. The van der Waals surface area contributed by atoms with Crippen molar-refractivity contribution in [3.05, 3.63) is 0 Å². The average molecular weight is 329 g/mol. The number of hydrogen-bond acceptors (Lipinski definition) is 4. The van der Waals surface area contributed by atoms with E-state index in [1.165, 1.54) is 19.3 Å². The monoisotopic (exact) mass is 329 g/mol. The Kier molecular flexibility index (Phi) is 9.44. The van der Waals surface area contributed by atoms with E-state index < -0.39 is 17.5 Å².